The normalized spacial score (nSPS) is 24.3. The van der Waals surface area contributed by atoms with Crippen molar-refractivity contribution in [2.75, 3.05) is 26.3 Å². The summed E-state index contributed by atoms with van der Waals surface area (Å²) in [4.78, 5) is 5.05. The van der Waals surface area contributed by atoms with Crippen molar-refractivity contribution in [3.63, 3.8) is 0 Å². The van der Waals surface area contributed by atoms with Gasteiger partial charge >= 0.3 is 0 Å². The Balaban J connectivity index is 2.29. The van der Waals surface area contributed by atoms with Crippen LogP contribution in [0.3, 0.4) is 0 Å². The summed E-state index contributed by atoms with van der Waals surface area (Å²) in [7, 11) is 0. The van der Waals surface area contributed by atoms with Crippen molar-refractivity contribution in [2.45, 2.75) is 33.2 Å². The summed E-state index contributed by atoms with van der Waals surface area (Å²) in [6, 6.07) is 0.770. The first-order valence-corrected chi connectivity index (χ1v) is 4.74. The lowest BCUT2D eigenvalue weighted by Crippen LogP contribution is -2.32. The molecule has 0 radical (unpaired) electrons. The molecule has 0 amide bonds. The highest BCUT2D eigenvalue weighted by molar-refractivity contribution is 4.74. The molecular formula is C9H20N2. The Labute approximate surface area is 70.2 Å². The average Bonchev–Trinajstić information content (AvgIpc) is 2.50. The van der Waals surface area contributed by atoms with Crippen molar-refractivity contribution in [1.29, 1.82) is 0 Å². The maximum Gasteiger partial charge on any atom is 0.0509 e. The van der Waals surface area contributed by atoms with E-state index in [9.17, 15) is 0 Å². The molecule has 2 heteroatoms. The minimum absolute atomic E-state index is 0.770. The second kappa shape index (κ2) is 4.07. The minimum Gasteiger partial charge on any atom is -0.289 e. The average molecular weight is 156 g/mol. The quantitative estimate of drug-likeness (QED) is 0.609. The molecule has 1 saturated heterocycles. The van der Waals surface area contributed by atoms with Crippen LogP contribution in [0.1, 0.15) is 27.2 Å². The summed E-state index contributed by atoms with van der Waals surface area (Å²) in [6.07, 6.45) is 1.28. The molecule has 11 heavy (non-hydrogen) atoms. The van der Waals surface area contributed by atoms with E-state index in [1.54, 1.807) is 0 Å². The van der Waals surface area contributed by atoms with Gasteiger partial charge < -0.3 is 0 Å². The van der Waals surface area contributed by atoms with E-state index < -0.39 is 0 Å². The largest absolute Gasteiger partial charge is 0.289 e. The molecule has 0 aromatic heterocycles. The lowest BCUT2D eigenvalue weighted by atomic mass is 10.2. The number of hydrogen-bond acceptors (Lipinski definition) is 2. The van der Waals surface area contributed by atoms with Gasteiger partial charge in [-0.2, -0.15) is 0 Å². The zero-order valence-electron chi connectivity index (χ0n) is 8.01. The van der Waals surface area contributed by atoms with Crippen LogP contribution in [0.25, 0.3) is 0 Å². The summed E-state index contributed by atoms with van der Waals surface area (Å²) in [6.45, 7) is 11.7. The van der Waals surface area contributed by atoms with Crippen LogP contribution in [0.4, 0.5) is 0 Å². The van der Waals surface area contributed by atoms with E-state index in [0.29, 0.717) is 0 Å². The van der Waals surface area contributed by atoms with Crippen molar-refractivity contribution in [3.8, 4) is 0 Å². The standard InChI is InChI=1S/C9H20N2/c1-4-9(3)11-7-6-10(5-2)8-11/h9H,4-8H2,1-3H3. The fourth-order valence-corrected chi connectivity index (χ4v) is 1.54. The first kappa shape index (κ1) is 9.01. The molecule has 1 aliphatic heterocycles. The highest BCUT2D eigenvalue weighted by Crippen LogP contribution is 2.10. The molecule has 0 spiro atoms. The van der Waals surface area contributed by atoms with Crippen molar-refractivity contribution < 1.29 is 0 Å². The van der Waals surface area contributed by atoms with Crippen LogP contribution in [0.5, 0.6) is 0 Å². The zero-order chi connectivity index (χ0) is 8.27. The van der Waals surface area contributed by atoms with E-state index in [0.717, 1.165) is 6.04 Å². The maximum atomic E-state index is 2.56. The minimum atomic E-state index is 0.770. The Kier molecular flexibility index (Phi) is 3.34. The Morgan fingerprint density at radius 3 is 2.45 bits per heavy atom. The molecule has 2 nitrogen and oxygen atoms in total. The van der Waals surface area contributed by atoms with E-state index in [2.05, 4.69) is 30.6 Å². The first-order valence-electron chi connectivity index (χ1n) is 4.74. The second-order valence-electron chi connectivity index (χ2n) is 3.42. The molecule has 1 atom stereocenters. The SMILES string of the molecule is CCC(C)N1CCN(CC)C1. The van der Waals surface area contributed by atoms with E-state index in [1.807, 2.05) is 0 Å². The van der Waals surface area contributed by atoms with Gasteiger partial charge in [-0.3, -0.25) is 9.80 Å². The third kappa shape index (κ3) is 2.17. The second-order valence-corrected chi connectivity index (χ2v) is 3.42. The molecule has 1 heterocycles. The lowest BCUT2D eigenvalue weighted by Gasteiger charge is -2.22. The number of nitrogens with zero attached hydrogens (tertiary/aromatic N) is 2. The third-order valence-corrected chi connectivity index (χ3v) is 2.75. The molecule has 0 bridgehead atoms. The molecule has 0 N–H and O–H groups in total. The molecule has 0 aromatic rings. The van der Waals surface area contributed by atoms with E-state index in [4.69, 9.17) is 0 Å². The highest BCUT2D eigenvalue weighted by Gasteiger charge is 2.21. The molecule has 0 aliphatic carbocycles. The fraction of sp³-hybridized carbons (Fsp3) is 1.00. The van der Waals surface area contributed by atoms with Crippen LogP contribution in [0, 0.1) is 0 Å². The monoisotopic (exact) mass is 156 g/mol. The van der Waals surface area contributed by atoms with Gasteiger partial charge in [0.15, 0.2) is 0 Å². The molecule has 1 unspecified atom stereocenters. The van der Waals surface area contributed by atoms with Crippen molar-refractivity contribution in [2.24, 2.45) is 0 Å². The van der Waals surface area contributed by atoms with E-state index in [1.165, 1.54) is 32.7 Å². The maximum absolute atomic E-state index is 2.56. The summed E-state index contributed by atoms with van der Waals surface area (Å²) in [5.41, 5.74) is 0. The number of likely N-dealkylation sites (N-methyl/N-ethyl adjacent to an activating group) is 1. The Morgan fingerprint density at radius 1 is 1.27 bits per heavy atom. The van der Waals surface area contributed by atoms with E-state index >= 15 is 0 Å². The van der Waals surface area contributed by atoms with Gasteiger partial charge in [0.05, 0.1) is 6.67 Å². The summed E-state index contributed by atoms with van der Waals surface area (Å²) in [5, 5.41) is 0. The third-order valence-electron chi connectivity index (χ3n) is 2.75. The van der Waals surface area contributed by atoms with Gasteiger partial charge in [0.1, 0.15) is 0 Å². The smallest absolute Gasteiger partial charge is 0.0509 e. The molecule has 1 fully saturated rings. The highest BCUT2D eigenvalue weighted by atomic mass is 15.4. The predicted molar refractivity (Wildman–Crippen MR) is 48.6 cm³/mol. The predicted octanol–water partition coefficient (Wildman–Crippen LogP) is 1.38. The van der Waals surface area contributed by atoms with Crippen LogP contribution < -0.4 is 0 Å². The topological polar surface area (TPSA) is 6.48 Å². The lowest BCUT2D eigenvalue weighted by molar-refractivity contribution is 0.202. The Bertz CT molecular complexity index is 114. The summed E-state index contributed by atoms with van der Waals surface area (Å²) < 4.78 is 0. The van der Waals surface area contributed by atoms with Gasteiger partial charge in [-0.15, -0.1) is 0 Å². The van der Waals surface area contributed by atoms with Crippen LogP contribution in [0.15, 0.2) is 0 Å². The summed E-state index contributed by atoms with van der Waals surface area (Å²) in [5.74, 6) is 0. The van der Waals surface area contributed by atoms with Crippen LogP contribution in [-0.4, -0.2) is 42.1 Å². The van der Waals surface area contributed by atoms with E-state index in [-0.39, 0.29) is 0 Å². The molecule has 66 valence electrons. The summed E-state index contributed by atoms with van der Waals surface area (Å²) >= 11 is 0. The first-order chi connectivity index (χ1) is 5.27. The zero-order valence-corrected chi connectivity index (χ0v) is 8.01. The van der Waals surface area contributed by atoms with Gasteiger partial charge in [-0.1, -0.05) is 13.8 Å². The van der Waals surface area contributed by atoms with Crippen molar-refractivity contribution >= 4 is 0 Å². The van der Waals surface area contributed by atoms with Gasteiger partial charge in [-0.05, 0) is 19.9 Å². The van der Waals surface area contributed by atoms with Gasteiger partial charge in [0, 0.05) is 19.1 Å². The van der Waals surface area contributed by atoms with Crippen LogP contribution >= 0.6 is 0 Å². The molecule has 1 rings (SSSR count). The van der Waals surface area contributed by atoms with Gasteiger partial charge in [0.25, 0.3) is 0 Å². The van der Waals surface area contributed by atoms with Crippen molar-refractivity contribution in [3.05, 3.63) is 0 Å². The van der Waals surface area contributed by atoms with Crippen LogP contribution in [-0.2, 0) is 0 Å². The molecule has 0 saturated carbocycles. The fourth-order valence-electron chi connectivity index (χ4n) is 1.54. The molecular weight excluding hydrogens is 136 g/mol. The molecule has 0 aromatic carbocycles. The Morgan fingerprint density at radius 2 is 2.00 bits per heavy atom. The van der Waals surface area contributed by atoms with Crippen molar-refractivity contribution in [1.82, 2.24) is 9.80 Å². The number of hydrogen-bond donors (Lipinski definition) is 0. The van der Waals surface area contributed by atoms with Gasteiger partial charge in [-0.25, -0.2) is 0 Å². The van der Waals surface area contributed by atoms with Crippen LogP contribution in [0.2, 0.25) is 0 Å². The van der Waals surface area contributed by atoms with Gasteiger partial charge in [0.2, 0.25) is 0 Å². The Hall–Kier alpha value is -0.0800. The molecule has 1 aliphatic rings. The number of rotatable bonds is 3.